The molecule has 0 unspecified atom stereocenters. The van der Waals surface area contributed by atoms with E-state index in [-0.39, 0.29) is 22.7 Å². The number of sulfonamides is 1. The first kappa shape index (κ1) is 23.6. The molecular weight excluding hydrogens is 432 g/mol. The zero-order chi connectivity index (χ0) is 23.3. The lowest BCUT2D eigenvalue weighted by Crippen LogP contribution is -2.42. The van der Waals surface area contributed by atoms with Gasteiger partial charge in [-0.1, -0.05) is 12.1 Å². The number of methoxy groups -OCH3 is 1. The molecule has 0 bridgehead atoms. The molecule has 9 heteroatoms. The van der Waals surface area contributed by atoms with Gasteiger partial charge in [0, 0.05) is 25.7 Å². The second-order valence-corrected chi connectivity index (χ2v) is 9.48. The topological polar surface area (TPSA) is 93.2 Å². The molecule has 0 aliphatic carbocycles. The number of esters is 1. The van der Waals surface area contributed by atoms with Crippen molar-refractivity contribution >= 4 is 27.6 Å². The number of benzene rings is 2. The summed E-state index contributed by atoms with van der Waals surface area (Å²) in [5, 5.41) is 0. The molecule has 0 saturated carbocycles. The summed E-state index contributed by atoms with van der Waals surface area (Å²) < 4.78 is 37.7. The first-order valence-electron chi connectivity index (χ1n) is 10.5. The second kappa shape index (κ2) is 10.0. The van der Waals surface area contributed by atoms with Gasteiger partial charge in [0.1, 0.15) is 5.75 Å². The Kier molecular flexibility index (Phi) is 7.40. The number of hydrogen-bond acceptors (Lipinski definition) is 6. The van der Waals surface area contributed by atoms with Crippen LogP contribution in [0.15, 0.2) is 53.4 Å². The van der Waals surface area contributed by atoms with Crippen molar-refractivity contribution in [3.8, 4) is 5.75 Å². The maximum absolute atomic E-state index is 13.1. The Balaban J connectivity index is 1.76. The van der Waals surface area contributed by atoms with Crippen LogP contribution >= 0.6 is 0 Å². The largest absolute Gasteiger partial charge is 0.495 e. The average Bonchev–Trinajstić information content (AvgIpc) is 2.83. The predicted molar refractivity (Wildman–Crippen MR) is 120 cm³/mol. The molecule has 2 aromatic carbocycles. The van der Waals surface area contributed by atoms with Gasteiger partial charge in [0.05, 0.1) is 30.2 Å². The zero-order valence-electron chi connectivity index (χ0n) is 18.5. The molecule has 0 aromatic heterocycles. The van der Waals surface area contributed by atoms with E-state index in [1.807, 2.05) is 0 Å². The number of carbonyl (C=O) groups is 2. The van der Waals surface area contributed by atoms with E-state index in [1.165, 1.54) is 38.4 Å². The Morgan fingerprint density at radius 1 is 1.12 bits per heavy atom. The van der Waals surface area contributed by atoms with Crippen LogP contribution in [-0.2, 0) is 19.6 Å². The molecule has 8 nitrogen and oxygen atoms in total. The van der Waals surface area contributed by atoms with Gasteiger partial charge in [-0.25, -0.2) is 8.42 Å². The third-order valence-electron chi connectivity index (χ3n) is 5.51. The number of hydrogen-bond donors (Lipinski definition) is 0. The number of anilines is 1. The van der Waals surface area contributed by atoms with Crippen LogP contribution in [0.3, 0.4) is 0 Å². The summed E-state index contributed by atoms with van der Waals surface area (Å²) in [6.07, 6.45) is 1.40. The van der Waals surface area contributed by atoms with Crippen LogP contribution in [0.1, 0.15) is 30.1 Å². The number of carbonyl (C=O) groups excluding carboxylic acids is 2. The highest BCUT2D eigenvalue weighted by Gasteiger charge is 2.30. The lowest BCUT2D eigenvalue weighted by atomic mass is 9.97. The summed E-state index contributed by atoms with van der Waals surface area (Å²) in [6, 6.07) is 12.7. The fraction of sp³-hybridized carbons (Fsp3) is 0.391. The van der Waals surface area contributed by atoms with Gasteiger partial charge in [0.25, 0.3) is 15.9 Å². The van der Waals surface area contributed by atoms with Gasteiger partial charge < -0.3 is 14.4 Å². The number of ether oxygens (including phenoxy) is 2. The van der Waals surface area contributed by atoms with Gasteiger partial charge in [0.2, 0.25) is 0 Å². The summed E-state index contributed by atoms with van der Waals surface area (Å²) in [7, 11) is -0.918. The summed E-state index contributed by atoms with van der Waals surface area (Å²) in [6.45, 7) is 2.91. The van der Waals surface area contributed by atoms with E-state index < -0.39 is 10.0 Å². The SMILES string of the molecule is CCOC(=O)[C@H]1CCCN(C(=O)c2ccc(S(=O)(=O)N(C)c3ccccc3OC)cc2)C1. The van der Waals surface area contributed by atoms with Crippen LogP contribution in [0.2, 0.25) is 0 Å². The fourth-order valence-corrected chi connectivity index (χ4v) is 4.95. The summed E-state index contributed by atoms with van der Waals surface area (Å²) in [4.78, 5) is 26.6. The van der Waals surface area contributed by atoms with E-state index in [1.54, 1.807) is 36.1 Å². The molecule has 1 amide bonds. The number of amides is 1. The van der Waals surface area contributed by atoms with E-state index in [4.69, 9.17) is 9.47 Å². The molecule has 1 atom stereocenters. The number of likely N-dealkylation sites (tertiary alicyclic amines) is 1. The molecular formula is C23H28N2O6S. The van der Waals surface area contributed by atoms with Gasteiger partial charge >= 0.3 is 5.97 Å². The lowest BCUT2D eigenvalue weighted by molar-refractivity contribution is -0.149. The first-order chi connectivity index (χ1) is 15.3. The van der Waals surface area contributed by atoms with Crippen molar-refractivity contribution in [1.82, 2.24) is 4.90 Å². The molecule has 1 heterocycles. The fourth-order valence-electron chi connectivity index (χ4n) is 3.74. The highest BCUT2D eigenvalue weighted by atomic mass is 32.2. The van der Waals surface area contributed by atoms with Crippen molar-refractivity contribution in [2.75, 3.05) is 38.2 Å². The van der Waals surface area contributed by atoms with Gasteiger partial charge in [-0.2, -0.15) is 0 Å². The Bertz CT molecular complexity index is 1070. The number of rotatable bonds is 7. The van der Waals surface area contributed by atoms with Crippen molar-refractivity contribution < 1.29 is 27.5 Å². The maximum atomic E-state index is 13.1. The average molecular weight is 461 g/mol. The Labute approximate surface area is 188 Å². The smallest absolute Gasteiger partial charge is 0.310 e. The first-order valence-corrected chi connectivity index (χ1v) is 11.9. The number of para-hydroxylation sites is 2. The number of piperidine rings is 1. The van der Waals surface area contributed by atoms with E-state index in [2.05, 4.69) is 0 Å². The minimum Gasteiger partial charge on any atom is -0.495 e. The highest BCUT2D eigenvalue weighted by molar-refractivity contribution is 7.92. The Morgan fingerprint density at radius 2 is 1.81 bits per heavy atom. The normalized spacial score (nSPS) is 16.3. The molecule has 172 valence electrons. The summed E-state index contributed by atoms with van der Waals surface area (Å²) in [5.41, 5.74) is 0.780. The minimum atomic E-state index is -3.85. The molecule has 0 radical (unpaired) electrons. The van der Waals surface area contributed by atoms with Crippen molar-refractivity contribution in [3.63, 3.8) is 0 Å². The molecule has 0 spiro atoms. The predicted octanol–water partition coefficient (Wildman–Crippen LogP) is 2.94. The third-order valence-corrected chi connectivity index (χ3v) is 7.30. The maximum Gasteiger partial charge on any atom is 0.310 e. The number of nitrogens with zero attached hydrogens (tertiary/aromatic N) is 2. The van der Waals surface area contributed by atoms with Crippen LogP contribution in [-0.4, -0.2) is 59.0 Å². The molecule has 32 heavy (non-hydrogen) atoms. The Morgan fingerprint density at radius 3 is 2.47 bits per heavy atom. The molecule has 1 aliphatic rings. The Hall–Kier alpha value is -3.07. The van der Waals surface area contributed by atoms with Gasteiger partial charge in [0.15, 0.2) is 0 Å². The molecule has 1 saturated heterocycles. The molecule has 2 aromatic rings. The summed E-state index contributed by atoms with van der Waals surface area (Å²) >= 11 is 0. The minimum absolute atomic E-state index is 0.0606. The van der Waals surface area contributed by atoms with Crippen molar-refractivity contribution in [3.05, 3.63) is 54.1 Å². The molecule has 1 aliphatic heterocycles. The zero-order valence-corrected chi connectivity index (χ0v) is 19.3. The van der Waals surface area contributed by atoms with Crippen molar-refractivity contribution in [2.24, 2.45) is 5.92 Å². The van der Waals surface area contributed by atoms with E-state index in [0.717, 1.165) is 4.31 Å². The van der Waals surface area contributed by atoms with Crippen LogP contribution in [0.25, 0.3) is 0 Å². The van der Waals surface area contributed by atoms with Crippen LogP contribution < -0.4 is 9.04 Å². The standard InChI is InChI=1S/C23H28N2O6S/c1-4-31-23(27)18-8-7-15-25(16-18)22(26)17-11-13-19(14-12-17)32(28,29)24(2)20-9-5-6-10-21(20)30-3/h5-6,9-14,18H,4,7-8,15-16H2,1-3H3/t18-/m0/s1. The monoisotopic (exact) mass is 460 g/mol. The van der Waals surface area contributed by atoms with E-state index in [9.17, 15) is 18.0 Å². The van der Waals surface area contributed by atoms with Gasteiger partial charge in [-0.3, -0.25) is 13.9 Å². The third kappa shape index (κ3) is 4.88. The molecule has 0 N–H and O–H groups in total. The van der Waals surface area contributed by atoms with E-state index in [0.29, 0.717) is 49.5 Å². The summed E-state index contributed by atoms with van der Waals surface area (Å²) in [5.74, 6) is -0.416. The van der Waals surface area contributed by atoms with Gasteiger partial charge in [-0.05, 0) is 56.2 Å². The van der Waals surface area contributed by atoms with Crippen LogP contribution in [0.4, 0.5) is 5.69 Å². The lowest BCUT2D eigenvalue weighted by Gasteiger charge is -2.31. The van der Waals surface area contributed by atoms with Crippen molar-refractivity contribution in [2.45, 2.75) is 24.7 Å². The second-order valence-electron chi connectivity index (χ2n) is 7.51. The van der Waals surface area contributed by atoms with Crippen LogP contribution in [0, 0.1) is 5.92 Å². The molecule has 1 fully saturated rings. The van der Waals surface area contributed by atoms with E-state index >= 15 is 0 Å². The van der Waals surface area contributed by atoms with Crippen LogP contribution in [0.5, 0.6) is 5.75 Å². The molecule has 3 rings (SSSR count). The van der Waals surface area contributed by atoms with Crippen molar-refractivity contribution in [1.29, 1.82) is 0 Å². The quantitative estimate of drug-likeness (QED) is 0.590. The van der Waals surface area contributed by atoms with Gasteiger partial charge in [-0.15, -0.1) is 0 Å². The highest BCUT2D eigenvalue weighted by Crippen LogP contribution is 2.31.